The van der Waals surface area contributed by atoms with Crippen molar-refractivity contribution in [3.05, 3.63) is 106 Å². The van der Waals surface area contributed by atoms with Crippen molar-refractivity contribution >= 4 is 5.91 Å². The molecule has 2 aliphatic heterocycles. The van der Waals surface area contributed by atoms with Gasteiger partial charge < -0.3 is 10.0 Å². The average Bonchev–Trinajstić information content (AvgIpc) is 2.82. The molecule has 0 fully saturated rings. The van der Waals surface area contributed by atoms with E-state index >= 15 is 0 Å². The number of fused-ring (bicyclic) bond motifs is 5. The summed E-state index contributed by atoms with van der Waals surface area (Å²) in [5.41, 5.74) is 2.50. The molecule has 7 heteroatoms. The summed E-state index contributed by atoms with van der Waals surface area (Å²) in [6.45, 7) is 0.678. The Kier molecular flexibility index (Phi) is 4.78. The fourth-order valence-electron chi connectivity index (χ4n) is 4.33. The second-order valence-corrected chi connectivity index (χ2v) is 7.70. The van der Waals surface area contributed by atoms with Crippen LogP contribution in [-0.2, 0) is 6.42 Å². The molecule has 2 bridgehead atoms. The van der Waals surface area contributed by atoms with Crippen LogP contribution in [-0.4, -0.2) is 38.8 Å². The van der Waals surface area contributed by atoms with E-state index in [2.05, 4.69) is 23.2 Å². The number of nitrogens with zero attached hydrogens (tertiary/aromatic N) is 4. The normalized spacial score (nSPS) is 19.2. The number of hydrogen-bond donors (Lipinski definition) is 1. The zero-order chi connectivity index (χ0) is 21.4. The highest BCUT2D eigenvalue weighted by Gasteiger charge is 2.37. The number of pyridine rings is 2. The standard InChI is InChI=1S/C24H22N4O3/c29-20-12-15-27-22(23(20)30)24(31)26-14-7-1-2-8-17-9-3-4-10-18(17)21(28(27)16-26)19-11-5-6-13-25-19/h1,3-7,9-13,15,21,30H,2,8,14,16H2/b7-1+/t21-/m0/s1. The number of carbonyl (C=O) groups is 1. The van der Waals surface area contributed by atoms with Crippen LogP contribution < -0.4 is 10.4 Å². The van der Waals surface area contributed by atoms with Gasteiger partial charge in [0.15, 0.2) is 11.4 Å². The fraction of sp³-hybridized carbons (Fsp3) is 0.208. The molecule has 1 N–H and O–H groups in total. The van der Waals surface area contributed by atoms with Crippen LogP contribution in [0.1, 0.15) is 39.8 Å². The molecular formula is C24H22N4O3. The van der Waals surface area contributed by atoms with Crippen molar-refractivity contribution in [3.8, 4) is 5.75 Å². The van der Waals surface area contributed by atoms with Crippen molar-refractivity contribution in [2.75, 3.05) is 18.2 Å². The minimum absolute atomic E-state index is 0.0233. The lowest BCUT2D eigenvalue weighted by molar-refractivity contribution is 0.0701. The van der Waals surface area contributed by atoms with Gasteiger partial charge in [0.25, 0.3) is 5.91 Å². The summed E-state index contributed by atoms with van der Waals surface area (Å²) in [6, 6.07) is 15.0. The van der Waals surface area contributed by atoms with E-state index in [1.54, 1.807) is 22.0 Å². The summed E-state index contributed by atoms with van der Waals surface area (Å²) in [4.78, 5) is 31.6. The van der Waals surface area contributed by atoms with Crippen molar-refractivity contribution in [2.24, 2.45) is 0 Å². The fourth-order valence-corrected chi connectivity index (χ4v) is 4.33. The van der Waals surface area contributed by atoms with Crippen LogP contribution in [0.25, 0.3) is 0 Å². The van der Waals surface area contributed by atoms with E-state index in [1.807, 2.05) is 41.4 Å². The Morgan fingerprint density at radius 1 is 1.00 bits per heavy atom. The molecular weight excluding hydrogens is 392 g/mol. The quantitative estimate of drug-likeness (QED) is 0.620. The van der Waals surface area contributed by atoms with E-state index in [1.165, 1.54) is 11.6 Å². The Bertz CT molecular complexity index is 1220. The Morgan fingerprint density at radius 3 is 2.68 bits per heavy atom. The predicted octanol–water partition coefficient (Wildman–Crippen LogP) is 2.59. The molecule has 1 atom stereocenters. The van der Waals surface area contributed by atoms with Crippen LogP contribution in [0, 0.1) is 0 Å². The second-order valence-electron chi connectivity index (χ2n) is 7.70. The zero-order valence-corrected chi connectivity index (χ0v) is 16.9. The number of aromatic nitrogens is 2. The largest absolute Gasteiger partial charge is 0.502 e. The Labute approximate surface area is 179 Å². The Morgan fingerprint density at radius 2 is 1.84 bits per heavy atom. The lowest BCUT2D eigenvalue weighted by atomic mass is 9.94. The van der Waals surface area contributed by atoms with Gasteiger partial charge >= 0.3 is 0 Å². The molecule has 31 heavy (non-hydrogen) atoms. The summed E-state index contributed by atoms with van der Waals surface area (Å²) < 4.78 is 1.60. The van der Waals surface area contributed by atoms with Crippen LogP contribution in [0.2, 0.25) is 0 Å². The first-order chi connectivity index (χ1) is 15.1. The SMILES string of the molecule is O=C1c2c(O)c(=O)ccn2N2CN1C/C=C/CCc1ccccc1[C@H]2c1ccccn1. The molecule has 1 aromatic carbocycles. The maximum absolute atomic E-state index is 13.2. The van der Waals surface area contributed by atoms with Crippen LogP contribution in [0.4, 0.5) is 0 Å². The summed E-state index contributed by atoms with van der Waals surface area (Å²) >= 11 is 0. The van der Waals surface area contributed by atoms with Gasteiger partial charge in [-0.15, -0.1) is 0 Å². The lowest BCUT2D eigenvalue weighted by Gasteiger charge is -2.43. The molecule has 0 radical (unpaired) electrons. The molecule has 0 saturated carbocycles. The number of benzene rings is 1. The van der Waals surface area contributed by atoms with Crippen LogP contribution in [0.3, 0.4) is 0 Å². The third-order valence-electron chi connectivity index (χ3n) is 5.82. The van der Waals surface area contributed by atoms with E-state index in [0.717, 1.165) is 24.1 Å². The summed E-state index contributed by atoms with van der Waals surface area (Å²) in [7, 11) is 0. The first-order valence-corrected chi connectivity index (χ1v) is 10.3. The number of hydrogen-bond acceptors (Lipinski definition) is 5. The Hall–Kier alpha value is -3.87. The van der Waals surface area contributed by atoms with Gasteiger partial charge in [-0.1, -0.05) is 42.5 Å². The topological polar surface area (TPSA) is 78.7 Å². The summed E-state index contributed by atoms with van der Waals surface area (Å²) in [6.07, 6.45) is 9.06. The minimum Gasteiger partial charge on any atom is -0.502 e. The number of rotatable bonds is 1. The number of aromatic hydroxyl groups is 1. The Balaban J connectivity index is 1.80. The number of carbonyl (C=O) groups excluding carboxylic acids is 1. The molecule has 1 amide bonds. The predicted molar refractivity (Wildman–Crippen MR) is 116 cm³/mol. The lowest BCUT2D eigenvalue weighted by Crippen LogP contribution is -2.55. The van der Waals surface area contributed by atoms with Gasteiger partial charge in [0.1, 0.15) is 12.7 Å². The van der Waals surface area contributed by atoms with Crippen molar-refractivity contribution in [3.63, 3.8) is 0 Å². The molecule has 0 unspecified atom stereocenters. The van der Waals surface area contributed by atoms with Gasteiger partial charge in [-0.25, -0.2) is 0 Å². The van der Waals surface area contributed by atoms with E-state index in [-0.39, 0.29) is 24.3 Å². The first-order valence-electron chi connectivity index (χ1n) is 10.3. The molecule has 2 aliphatic rings. The third kappa shape index (κ3) is 3.28. The van der Waals surface area contributed by atoms with E-state index in [0.29, 0.717) is 6.54 Å². The summed E-state index contributed by atoms with van der Waals surface area (Å²) in [5, 5.41) is 12.5. The highest BCUT2D eigenvalue weighted by molar-refractivity contribution is 5.96. The van der Waals surface area contributed by atoms with Crippen molar-refractivity contribution in [2.45, 2.75) is 18.9 Å². The number of aryl methyl sites for hydroxylation is 1. The van der Waals surface area contributed by atoms with Gasteiger partial charge in [0, 0.05) is 25.0 Å². The van der Waals surface area contributed by atoms with Gasteiger partial charge in [0.05, 0.1) is 5.69 Å². The average molecular weight is 414 g/mol. The molecule has 5 rings (SSSR count). The maximum atomic E-state index is 13.2. The highest BCUT2D eigenvalue weighted by atomic mass is 16.3. The van der Waals surface area contributed by atoms with Gasteiger partial charge in [-0.05, 0) is 36.1 Å². The van der Waals surface area contributed by atoms with Crippen LogP contribution in [0.5, 0.6) is 5.75 Å². The van der Waals surface area contributed by atoms with E-state index < -0.39 is 11.2 Å². The second kappa shape index (κ2) is 7.75. The van der Waals surface area contributed by atoms with Crippen molar-refractivity contribution in [1.82, 2.24) is 14.6 Å². The monoisotopic (exact) mass is 414 g/mol. The maximum Gasteiger partial charge on any atom is 0.278 e. The molecule has 3 aromatic rings. The molecule has 0 spiro atoms. The minimum atomic E-state index is -0.573. The smallest absolute Gasteiger partial charge is 0.278 e. The molecule has 156 valence electrons. The van der Waals surface area contributed by atoms with Gasteiger partial charge in [-0.2, -0.15) is 0 Å². The highest BCUT2D eigenvalue weighted by Crippen LogP contribution is 2.33. The van der Waals surface area contributed by atoms with E-state index in [9.17, 15) is 14.7 Å². The molecule has 0 aliphatic carbocycles. The van der Waals surface area contributed by atoms with Crippen LogP contribution in [0.15, 0.2) is 77.9 Å². The van der Waals surface area contributed by atoms with Crippen molar-refractivity contribution < 1.29 is 9.90 Å². The van der Waals surface area contributed by atoms with Gasteiger partial charge in [-0.3, -0.25) is 24.3 Å². The molecule has 2 aromatic heterocycles. The molecule has 7 nitrogen and oxygen atoms in total. The molecule has 4 heterocycles. The van der Waals surface area contributed by atoms with Gasteiger partial charge in [0.2, 0.25) is 5.43 Å². The number of amides is 1. The first kappa shape index (κ1) is 19.1. The zero-order valence-electron chi connectivity index (χ0n) is 16.9. The van der Waals surface area contributed by atoms with Crippen molar-refractivity contribution in [1.29, 1.82) is 0 Å². The van der Waals surface area contributed by atoms with Crippen LogP contribution >= 0.6 is 0 Å². The molecule has 0 saturated heterocycles. The number of allylic oxidation sites excluding steroid dienone is 1. The summed E-state index contributed by atoms with van der Waals surface area (Å²) in [5.74, 6) is -0.905. The van der Waals surface area contributed by atoms with E-state index in [4.69, 9.17) is 0 Å². The third-order valence-corrected chi connectivity index (χ3v) is 5.82.